The summed E-state index contributed by atoms with van der Waals surface area (Å²) in [5, 5.41) is 1.97. The van der Waals surface area contributed by atoms with Crippen LogP contribution in [0.4, 0.5) is 13.6 Å². The number of ether oxygens (including phenoxy) is 2. The highest BCUT2D eigenvalue weighted by atomic mass is 32.2. The number of thioether (sulfide) groups is 1. The fraction of sp³-hybridized carbons (Fsp3) is 0.238. The molecule has 2 aromatic carbocycles. The summed E-state index contributed by atoms with van der Waals surface area (Å²) in [6, 6.07) is 7.19. The molecule has 0 atom stereocenters. The second-order valence-corrected chi connectivity index (χ2v) is 6.98. The molecule has 1 N–H and O–H groups in total. The van der Waals surface area contributed by atoms with E-state index in [-0.39, 0.29) is 28.9 Å². The molecule has 2 rings (SSSR count). The van der Waals surface area contributed by atoms with Crippen molar-refractivity contribution in [3.63, 3.8) is 0 Å². The van der Waals surface area contributed by atoms with Crippen molar-refractivity contribution in [1.29, 1.82) is 0 Å². The largest absolute Gasteiger partial charge is 0.465 e. The van der Waals surface area contributed by atoms with Gasteiger partial charge in [0, 0.05) is 30.9 Å². The van der Waals surface area contributed by atoms with E-state index in [1.165, 1.54) is 31.2 Å². The molecule has 1 amide bonds. The number of carbonyl (C=O) groups is 3. The molecule has 8 nitrogen and oxygen atoms in total. The van der Waals surface area contributed by atoms with E-state index >= 15 is 0 Å². The lowest BCUT2D eigenvalue weighted by Gasteiger charge is -2.11. The lowest BCUT2D eigenvalue weighted by molar-refractivity contribution is -0.191. The van der Waals surface area contributed by atoms with Gasteiger partial charge in [-0.3, -0.25) is 4.79 Å². The van der Waals surface area contributed by atoms with Gasteiger partial charge in [0.15, 0.2) is 0 Å². The van der Waals surface area contributed by atoms with Crippen LogP contribution in [-0.4, -0.2) is 42.7 Å². The van der Waals surface area contributed by atoms with E-state index < -0.39 is 22.9 Å². The fourth-order valence-electron chi connectivity index (χ4n) is 2.39. The number of rotatable bonds is 7. The number of halogens is 2. The average Bonchev–Trinajstić information content (AvgIpc) is 2.74. The Labute approximate surface area is 186 Å². The highest BCUT2D eigenvalue weighted by Gasteiger charge is 2.19. The van der Waals surface area contributed by atoms with Crippen LogP contribution in [0.2, 0.25) is 0 Å². The Morgan fingerprint density at radius 3 is 2.38 bits per heavy atom. The van der Waals surface area contributed by atoms with Crippen molar-refractivity contribution in [2.75, 3.05) is 19.4 Å². The minimum Gasteiger partial charge on any atom is -0.465 e. The van der Waals surface area contributed by atoms with Crippen molar-refractivity contribution in [2.24, 2.45) is 0 Å². The second kappa shape index (κ2) is 13.7. The van der Waals surface area contributed by atoms with Crippen LogP contribution in [0, 0.1) is 11.6 Å². The average molecular weight is 467 g/mol. The maximum absolute atomic E-state index is 14.0. The van der Waals surface area contributed by atoms with Crippen LogP contribution in [0.25, 0.3) is 11.1 Å². The third kappa shape index (κ3) is 8.66. The van der Waals surface area contributed by atoms with Crippen LogP contribution in [0.1, 0.15) is 23.7 Å². The molecule has 0 aliphatic rings. The van der Waals surface area contributed by atoms with Gasteiger partial charge >= 0.3 is 17.4 Å². The van der Waals surface area contributed by atoms with E-state index in [0.717, 1.165) is 31.0 Å². The maximum Gasteiger partial charge on any atom is 0.373 e. The number of methoxy groups -OCH3 is 1. The molecule has 0 bridgehead atoms. The zero-order valence-corrected chi connectivity index (χ0v) is 17.9. The molecular formula is C21H19F2NO7S. The van der Waals surface area contributed by atoms with Crippen LogP contribution in [0.15, 0.2) is 36.4 Å². The molecule has 0 heterocycles. The first kappa shape index (κ1) is 26.5. The van der Waals surface area contributed by atoms with Gasteiger partial charge < -0.3 is 14.8 Å². The topological polar surface area (TPSA) is 116 Å². The van der Waals surface area contributed by atoms with Gasteiger partial charge in [0.1, 0.15) is 22.9 Å². The Morgan fingerprint density at radius 2 is 1.78 bits per heavy atom. The number of esters is 1. The number of hydrogen-bond acceptors (Lipinski definition) is 8. The van der Waals surface area contributed by atoms with E-state index in [1.807, 2.05) is 0 Å². The summed E-state index contributed by atoms with van der Waals surface area (Å²) in [4.78, 5) is 51.1. The third-order valence-corrected chi connectivity index (χ3v) is 4.55. The summed E-state index contributed by atoms with van der Waals surface area (Å²) in [6.07, 6.45) is 0.811. The van der Waals surface area contributed by atoms with E-state index in [4.69, 9.17) is 19.1 Å². The van der Waals surface area contributed by atoms with Crippen LogP contribution < -0.4 is 10.1 Å². The first-order valence-electron chi connectivity index (χ1n) is 8.99. The number of amides is 1. The van der Waals surface area contributed by atoms with Gasteiger partial charge in [-0.25, -0.2) is 18.4 Å². The Kier molecular flexibility index (Phi) is 11.3. The van der Waals surface area contributed by atoms with Gasteiger partial charge in [0.25, 0.3) is 0 Å². The number of benzene rings is 2. The van der Waals surface area contributed by atoms with Gasteiger partial charge in [-0.1, -0.05) is 6.07 Å². The highest BCUT2D eigenvalue weighted by molar-refractivity contribution is 8.13. The quantitative estimate of drug-likeness (QED) is 0.485. The number of carbonyl (C=O) groups excluding carboxylic acids is 5. The van der Waals surface area contributed by atoms with Crippen molar-refractivity contribution >= 4 is 35.1 Å². The van der Waals surface area contributed by atoms with Gasteiger partial charge in [0.05, 0.1) is 7.11 Å². The molecule has 0 saturated carbocycles. The molecule has 0 aliphatic heterocycles. The molecule has 0 aromatic heterocycles. The molecule has 0 radical (unpaired) electrons. The van der Waals surface area contributed by atoms with Crippen molar-refractivity contribution in [2.45, 2.75) is 13.3 Å². The van der Waals surface area contributed by atoms with Gasteiger partial charge in [-0.15, -0.1) is 0 Å². The molecule has 0 aliphatic carbocycles. The zero-order chi connectivity index (χ0) is 24.1. The van der Waals surface area contributed by atoms with Gasteiger partial charge in [-0.2, -0.15) is 9.59 Å². The number of nitrogens with one attached hydrogen (secondary N) is 1. The SMILES string of the molecule is COC(=O)c1cc(-c2ccc(F)cc2F)ccc1OC(=O)SCCCNC(C)=O.O=C=O. The Hall–Kier alpha value is -3.56. The third-order valence-electron chi connectivity index (χ3n) is 3.74. The summed E-state index contributed by atoms with van der Waals surface area (Å²) in [5.74, 6) is -2.07. The molecule has 170 valence electrons. The molecule has 0 saturated heterocycles. The lowest BCUT2D eigenvalue weighted by atomic mass is 10.0. The first-order valence-corrected chi connectivity index (χ1v) is 9.98. The molecule has 32 heavy (non-hydrogen) atoms. The van der Waals surface area contributed by atoms with Crippen LogP contribution in [0.5, 0.6) is 5.75 Å². The predicted octanol–water partition coefficient (Wildman–Crippen LogP) is 3.59. The Bertz CT molecular complexity index is 1010. The molecule has 0 unspecified atom stereocenters. The van der Waals surface area contributed by atoms with E-state index in [0.29, 0.717) is 24.3 Å². The predicted molar refractivity (Wildman–Crippen MR) is 110 cm³/mol. The van der Waals surface area contributed by atoms with Gasteiger partial charge in [0.2, 0.25) is 5.91 Å². The summed E-state index contributed by atoms with van der Waals surface area (Å²) < 4.78 is 37.1. The summed E-state index contributed by atoms with van der Waals surface area (Å²) >= 11 is 0.889. The normalized spacial score (nSPS) is 9.62. The molecule has 11 heteroatoms. The van der Waals surface area contributed by atoms with E-state index in [2.05, 4.69) is 5.32 Å². The maximum atomic E-state index is 14.0. The van der Waals surface area contributed by atoms with E-state index in [1.54, 1.807) is 0 Å². The molecule has 0 spiro atoms. The summed E-state index contributed by atoms with van der Waals surface area (Å²) in [6.45, 7) is 1.83. The standard InChI is InChI=1S/C20H19F2NO5S.CO2/c1-12(24)23-8-3-9-29-20(26)28-18-7-4-13(10-16(18)19(25)27-2)15-6-5-14(21)11-17(15)22;2-1-3/h4-7,10-11H,3,8-9H2,1-2H3,(H,23,24);. The summed E-state index contributed by atoms with van der Waals surface area (Å²) in [7, 11) is 1.16. The summed E-state index contributed by atoms with van der Waals surface area (Å²) in [5.41, 5.74) is 0.313. The molecular weight excluding hydrogens is 448 g/mol. The minimum atomic E-state index is -0.791. The van der Waals surface area contributed by atoms with Crippen molar-refractivity contribution in [1.82, 2.24) is 5.32 Å². The van der Waals surface area contributed by atoms with Crippen LogP contribution >= 0.6 is 11.8 Å². The first-order chi connectivity index (χ1) is 15.2. The highest BCUT2D eigenvalue weighted by Crippen LogP contribution is 2.30. The zero-order valence-electron chi connectivity index (χ0n) is 17.1. The van der Waals surface area contributed by atoms with Crippen molar-refractivity contribution in [3.05, 3.63) is 53.6 Å². The van der Waals surface area contributed by atoms with Gasteiger partial charge in [-0.05, 0) is 48.0 Å². The minimum absolute atomic E-state index is 0.0394. The van der Waals surface area contributed by atoms with E-state index in [9.17, 15) is 23.2 Å². The molecule has 2 aromatic rings. The van der Waals surface area contributed by atoms with Crippen molar-refractivity contribution in [3.8, 4) is 16.9 Å². The number of hydrogen-bond donors (Lipinski definition) is 1. The molecule has 0 fully saturated rings. The van der Waals surface area contributed by atoms with Crippen LogP contribution in [0.3, 0.4) is 0 Å². The van der Waals surface area contributed by atoms with Crippen molar-refractivity contribution < 1.29 is 42.2 Å². The second-order valence-electron chi connectivity index (χ2n) is 5.95. The fourth-order valence-corrected chi connectivity index (χ4v) is 2.99. The Balaban J connectivity index is 0.00000161. The lowest BCUT2D eigenvalue weighted by Crippen LogP contribution is -2.21. The smallest absolute Gasteiger partial charge is 0.373 e. The Morgan fingerprint density at radius 1 is 1.09 bits per heavy atom. The van der Waals surface area contributed by atoms with Crippen LogP contribution in [-0.2, 0) is 19.1 Å². The monoisotopic (exact) mass is 467 g/mol.